The summed E-state index contributed by atoms with van der Waals surface area (Å²) in [5, 5.41) is 2.91. The van der Waals surface area contributed by atoms with Crippen molar-refractivity contribution in [1.82, 2.24) is 10.2 Å². The van der Waals surface area contributed by atoms with Crippen molar-refractivity contribution in [3.63, 3.8) is 0 Å². The summed E-state index contributed by atoms with van der Waals surface area (Å²) in [6.07, 6.45) is 1.85. The Bertz CT molecular complexity index is 771. The summed E-state index contributed by atoms with van der Waals surface area (Å²) < 4.78 is 10.6. The molecule has 1 amide bonds. The van der Waals surface area contributed by atoms with Crippen LogP contribution in [0, 0.1) is 0 Å². The first-order valence-corrected chi connectivity index (χ1v) is 10.2. The smallest absolute Gasteiger partial charge is 0.257 e. The van der Waals surface area contributed by atoms with Crippen LogP contribution >= 0.6 is 0 Å². The third-order valence-corrected chi connectivity index (χ3v) is 5.18. The Hall–Kier alpha value is -2.73. The van der Waals surface area contributed by atoms with Crippen LogP contribution in [0.5, 0.6) is 11.5 Å². The van der Waals surface area contributed by atoms with Crippen LogP contribution in [0.3, 0.4) is 0 Å². The predicted molar refractivity (Wildman–Crippen MR) is 116 cm³/mol. The molecule has 1 saturated heterocycles. The second-order valence-electron chi connectivity index (χ2n) is 7.38. The molecular weight excluding hydrogens is 366 g/mol. The quantitative estimate of drug-likeness (QED) is 0.659. The number of anilines is 1. The number of nitrogens with zero attached hydrogens (tertiary/aromatic N) is 2. The van der Waals surface area contributed by atoms with E-state index in [2.05, 4.69) is 46.4 Å². The largest absolute Gasteiger partial charge is 0.497 e. The Morgan fingerprint density at radius 2 is 1.76 bits per heavy atom. The maximum Gasteiger partial charge on any atom is 0.257 e. The van der Waals surface area contributed by atoms with Crippen LogP contribution in [0.4, 0.5) is 5.69 Å². The van der Waals surface area contributed by atoms with Gasteiger partial charge >= 0.3 is 0 Å². The number of rotatable bonds is 9. The highest BCUT2D eigenvalue weighted by Crippen LogP contribution is 2.19. The third kappa shape index (κ3) is 6.68. The summed E-state index contributed by atoms with van der Waals surface area (Å²) in [5.74, 6) is 1.22. The van der Waals surface area contributed by atoms with Gasteiger partial charge in [-0.15, -0.1) is 0 Å². The number of piperazine rings is 1. The van der Waals surface area contributed by atoms with E-state index < -0.39 is 0 Å². The van der Waals surface area contributed by atoms with E-state index >= 15 is 0 Å². The summed E-state index contributed by atoms with van der Waals surface area (Å²) in [4.78, 5) is 16.7. The second kappa shape index (κ2) is 10.7. The van der Waals surface area contributed by atoms with E-state index in [-0.39, 0.29) is 12.5 Å². The molecule has 6 nitrogen and oxygen atoms in total. The Kier molecular flexibility index (Phi) is 7.76. The lowest BCUT2D eigenvalue weighted by Crippen LogP contribution is -2.44. The van der Waals surface area contributed by atoms with Gasteiger partial charge in [0.25, 0.3) is 5.91 Å². The van der Waals surface area contributed by atoms with Gasteiger partial charge in [-0.2, -0.15) is 0 Å². The van der Waals surface area contributed by atoms with Gasteiger partial charge in [-0.05, 0) is 49.7 Å². The Morgan fingerprint density at radius 3 is 2.48 bits per heavy atom. The van der Waals surface area contributed by atoms with Gasteiger partial charge in [-0.3, -0.25) is 4.79 Å². The molecule has 6 heteroatoms. The van der Waals surface area contributed by atoms with Crippen molar-refractivity contribution in [2.45, 2.75) is 12.8 Å². The summed E-state index contributed by atoms with van der Waals surface area (Å²) in [5.41, 5.74) is 2.59. The third-order valence-electron chi connectivity index (χ3n) is 5.18. The molecule has 3 rings (SSSR count). The maximum absolute atomic E-state index is 11.9. The number of aryl methyl sites for hydroxylation is 1. The molecule has 0 aliphatic carbocycles. The molecule has 2 aromatic carbocycles. The molecule has 1 fully saturated rings. The van der Waals surface area contributed by atoms with Crippen molar-refractivity contribution in [1.29, 1.82) is 0 Å². The number of benzene rings is 2. The fourth-order valence-corrected chi connectivity index (χ4v) is 3.35. The number of amides is 1. The van der Waals surface area contributed by atoms with Gasteiger partial charge in [0, 0.05) is 44.5 Å². The molecule has 1 heterocycles. The molecule has 0 aromatic heterocycles. The summed E-state index contributed by atoms with van der Waals surface area (Å²) in [7, 11) is 3.77. The Balaban J connectivity index is 1.33. The van der Waals surface area contributed by atoms with E-state index in [1.54, 1.807) is 13.2 Å². The average molecular weight is 398 g/mol. The zero-order valence-corrected chi connectivity index (χ0v) is 17.4. The number of nitrogens with one attached hydrogen (secondary N) is 1. The fraction of sp³-hybridized carbons (Fsp3) is 0.435. The standard InChI is InChI=1S/C23H31N3O3/c1-25-13-15-26(16-14-25)20-10-8-19(9-11-20)5-4-12-24-23(27)18-29-22-7-3-6-21(17-22)28-2/h3,6-11,17H,4-5,12-16,18H2,1-2H3,(H,24,27). The van der Waals surface area contributed by atoms with Gasteiger partial charge in [0.05, 0.1) is 7.11 Å². The predicted octanol–water partition coefficient (Wildman–Crippen LogP) is 2.57. The SMILES string of the molecule is COc1cccc(OCC(=O)NCCCc2ccc(N3CCN(C)CC3)cc2)c1. The topological polar surface area (TPSA) is 54.0 Å². The first-order valence-electron chi connectivity index (χ1n) is 10.2. The van der Waals surface area contributed by atoms with Crippen molar-refractivity contribution in [3.8, 4) is 11.5 Å². The van der Waals surface area contributed by atoms with Gasteiger partial charge in [0.1, 0.15) is 11.5 Å². The molecule has 0 atom stereocenters. The number of methoxy groups -OCH3 is 1. The Morgan fingerprint density at radius 1 is 1.03 bits per heavy atom. The Labute approximate surface area is 173 Å². The second-order valence-corrected chi connectivity index (χ2v) is 7.38. The first kappa shape index (κ1) is 21.0. The molecule has 0 radical (unpaired) electrons. The van der Waals surface area contributed by atoms with Crippen molar-refractivity contribution >= 4 is 11.6 Å². The minimum Gasteiger partial charge on any atom is -0.497 e. The van der Waals surface area contributed by atoms with E-state index in [4.69, 9.17) is 9.47 Å². The number of carbonyl (C=O) groups is 1. The van der Waals surface area contributed by atoms with Crippen LogP contribution in [0.25, 0.3) is 0 Å². The van der Waals surface area contributed by atoms with E-state index in [9.17, 15) is 4.79 Å². The zero-order chi connectivity index (χ0) is 20.5. The minimum absolute atomic E-state index is 0.00683. The number of hydrogen-bond donors (Lipinski definition) is 1. The van der Waals surface area contributed by atoms with Crippen LogP contribution in [-0.4, -0.2) is 64.3 Å². The fourth-order valence-electron chi connectivity index (χ4n) is 3.35. The van der Waals surface area contributed by atoms with Gasteiger partial charge < -0.3 is 24.6 Å². The molecule has 1 aliphatic rings. The molecule has 0 bridgehead atoms. The van der Waals surface area contributed by atoms with E-state index in [1.165, 1.54) is 11.3 Å². The van der Waals surface area contributed by atoms with Gasteiger partial charge in [0.2, 0.25) is 0 Å². The lowest BCUT2D eigenvalue weighted by atomic mass is 10.1. The normalized spacial score (nSPS) is 14.5. The summed E-state index contributed by atoms with van der Waals surface area (Å²) in [6, 6.07) is 16.1. The number of carbonyl (C=O) groups excluding carboxylic acids is 1. The summed E-state index contributed by atoms with van der Waals surface area (Å²) in [6.45, 7) is 5.04. The number of likely N-dealkylation sites (N-methyl/N-ethyl adjacent to an activating group) is 1. The summed E-state index contributed by atoms with van der Waals surface area (Å²) >= 11 is 0. The number of hydrogen-bond acceptors (Lipinski definition) is 5. The molecule has 2 aromatic rings. The minimum atomic E-state index is -0.113. The van der Waals surface area contributed by atoms with Gasteiger partial charge in [-0.1, -0.05) is 18.2 Å². The van der Waals surface area contributed by atoms with E-state index in [1.807, 2.05) is 18.2 Å². The van der Waals surface area contributed by atoms with Crippen molar-refractivity contribution in [2.75, 3.05) is 58.4 Å². The molecule has 0 spiro atoms. The van der Waals surface area contributed by atoms with Gasteiger partial charge in [-0.25, -0.2) is 0 Å². The molecular formula is C23H31N3O3. The molecule has 0 saturated carbocycles. The molecule has 0 unspecified atom stereocenters. The average Bonchev–Trinajstić information content (AvgIpc) is 2.76. The highest BCUT2D eigenvalue weighted by atomic mass is 16.5. The van der Waals surface area contributed by atoms with Crippen LogP contribution < -0.4 is 19.7 Å². The van der Waals surface area contributed by atoms with Crippen LogP contribution in [0.1, 0.15) is 12.0 Å². The van der Waals surface area contributed by atoms with E-state index in [0.717, 1.165) is 39.0 Å². The van der Waals surface area contributed by atoms with Crippen LogP contribution in [-0.2, 0) is 11.2 Å². The molecule has 156 valence electrons. The molecule has 29 heavy (non-hydrogen) atoms. The van der Waals surface area contributed by atoms with Gasteiger partial charge in [0.15, 0.2) is 6.61 Å². The van der Waals surface area contributed by atoms with Crippen LogP contribution in [0.2, 0.25) is 0 Å². The highest BCUT2D eigenvalue weighted by molar-refractivity contribution is 5.77. The van der Waals surface area contributed by atoms with Crippen molar-refractivity contribution < 1.29 is 14.3 Å². The van der Waals surface area contributed by atoms with Crippen molar-refractivity contribution in [3.05, 3.63) is 54.1 Å². The monoisotopic (exact) mass is 397 g/mol. The lowest BCUT2D eigenvalue weighted by molar-refractivity contribution is -0.123. The van der Waals surface area contributed by atoms with Crippen molar-refractivity contribution in [2.24, 2.45) is 0 Å². The zero-order valence-electron chi connectivity index (χ0n) is 17.4. The molecule has 1 aliphatic heterocycles. The number of ether oxygens (including phenoxy) is 2. The van der Waals surface area contributed by atoms with Crippen LogP contribution in [0.15, 0.2) is 48.5 Å². The lowest BCUT2D eigenvalue weighted by Gasteiger charge is -2.34. The molecule has 1 N–H and O–H groups in total. The maximum atomic E-state index is 11.9. The highest BCUT2D eigenvalue weighted by Gasteiger charge is 2.13. The first-order chi connectivity index (χ1) is 14.1. The van der Waals surface area contributed by atoms with E-state index in [0.29, 0.717) is 18.0 Å².